The first kappa shape index (κ1) is 20.5. The maximum absolute atomic E-state index is 12.4. The number of aromatic nitrogens is 2. The minimum absolute atomic E-state index is 0. The molecule has 1 amide bonds. The highest BCUT2D eigenvalue weighted by molar-refractivity contribution is 6.31. The lowest BCUT2D eigenvalue weighted by atomic mass is 9.88. The molecule has 1 aromatic carbocycles. The Balaban J connectivity index is 0.00000288. The number of rotatable bonds is 6. The average Bonchev–Trinajstić information content (AvgIpc) is 2.98. The molecule has 0 fully saturated rings. The van der Waals surface area contributed by atoms with E-state index in [2.05, 4.69) is 10.4 Å². The number of carbonyl (C=O) groups excluding carboxylic acids is 1. The maximum Gasteiger partial charge on any atom is 0.254 e. The molecule has 1 aromatic heterocycles. The Kier molecular flexibility index (Phi) is 7.27. The van der Waals surface area contributed by atoms with Gasteiger partial charge in [0.05, 0.1) is 23.8 Å². The van der Waals surface area contributed by atoms with Crippen LogP contribution in [0.25, 0.3) is 0 Å². The van der Waals surface area contributed by atoms with E-state index in [0.717, 1.165) is 5.56 Å². The molecular formula is C17H24Cl2N4O. The number of nitrogens with one attached hydrogen (secondary N) is 1. The number of nitrogens with zero attached hydrogens (tertiary/aromatic N) is 2. The van der Waals surface area contributed by atoms with Crippen molar-refractivity contribution in [1.29, 1.82) is 0 Å². The van der Waals surface area contributed by atoms with Crippen LogP contribution in [0, 0.1) is 5.92 Å². The first-order valence-corrected chi connectivity index (χ1v) is 8.02. The van der Waals surface area contributed by atoms with E-state index in [9.17, 15) is 4.79 Å². The second-order valence-electron chi connectivity index (χ2n) is 6.25. The molecule has 1 heterocycles. The fourth-order valence-electron chi connectivity index (χ4n) is 2.13. The highest BCUT2D eigenvalue weighted by Crippen LogP contribution is 2.17. The van der Waals surface area contributed by atoms with E-state index in [0.29, 0.717) is 23.7 Å². The molecule has 1 atom stereocenters. The van der Waals surface area contributed by atoms with Gasteiger partial charge in [0.15, 0.2) is 0 Å². The van der Waals surface area contributed by atoms with Crippen LogP contribution in [0.3, 0.4) is 0 Å². The van der Waals surface area contributed by atoms with Crippen LogP contribution in [0.1, 0.15) is 36.7 Å². The first-order valence-electron chi connectivity index (χ1n) is 7.64. The highest BCUT2D eigenvalue weighted by Gasteiger charge is 2.29. The number of benzene rings is 1. The summed E-state index contributed by atoms with van der Waals surface area (Å²) < 4.78 is 1.70. The molecule has 2 aromatic rings. The van der Waals surface area contributed by atoms with Crippen LogP contribution < -0.4 is 11.1 Å². The minimum Gasteiger partial charge on any atom is -0.345 e. The largest absolute Gasteiger partial charge is 0.345 e. The molecule has 0 aliphatic carbocycles. The summed E-state index contributed by atoms with van der Waals surface area (Å²) in [5.41, 5.74) is 6.83. The van der Waals surface area contributed by atoms with Crippen LogP contribution in [-0.4, -0.2) is 27.8 Å². The van der Waals surface area contributed by atoms with Crippen molar-refractivity contribution in [2.75, 3.05) is 6.54 Å². The number of hydrogen-bond acceptors (Lipinski definition) is 3. The molecule has 132 valence electrons. The molecule has 0 saturated heterocycles. The van der Waals surface area contributed by atoms with Crippen molar-refractivity contribution in [3.63, 3.8) is 0 Å². The van der Waals surface area contributed by atoms with E-state index in [1.807, 2.05) is 45.0 Å². The Labute approximate surface area is 154 Å². The van der Waals surface area contributed by atoms with Crippen molar-refractivity contribution < 1.29 is 4.79 Å². The summed E-state index contributed by atoms with van der Waals surface area (Å²) in [4.78, 5) is 12.4. The van der Waals surface area contributed by atoms with Gasteiger partial charge >= 0.3 is 0 Å². The normalized spacial score (nSPS) is 13.2. The zero-order chi connectivity index (χ0) is 17.0. The van der Waals surface area contributed by atoms with Gasteiger partial charge in [0.2, 0.25) is 0 Å². The van der Waals surface area contributed by atoms with E-state index >= 15 is 0 Å². The van der Waals surface area contributed by atoms with Gasteiger partial charge in [0.25, 0.3) is 5.91 Å². The Bertz CT molecular complexity index is 687. The molecule has 24 heavy (non-hydrogen) atoms. The van der Waals surface area contributed by atoms with Crippen molar-refractivity contribution in [3.05, 3.63) is 52.8 Å². The number of amides is 1. The molecule has 0 saturated carbocycles. The van der Waals surface area contributed by atoms with Gasteiger partial charge in [0, 0.05) is 17.8 Å². The Morgan fingerprint density at radius 3 is 2.67 bits per heavy atom. The van der Waals surface area contributed by atoms with E-state index in [1.54, 1.807) is 17.1 Å². The molecule has 7 heteroatoms. The van der Waals surface area contributed by atoms with Crippen molar-refractivity contribution in [2.45, 2.75) is 32.9 Å². The standard InChI is InChI=1S/C17H23ClN4O.ClH/c1-12(2)17(3,11-19)21-16(23)14-8-20-22(10-14)9-13-6-4-5-7-15(13)18;/h4-8,10,12H,9,11,19H2,1-3H3,(H,21,23);1H. The monoisotopic (exact) mass is 370 g/mol. The molecule has 0 aliphatic heterocycles. The summed E-state index contributed by atoms with van der Waals surface area (Å²) in [5.74, 6) is 0.0617. The van der Waals surface area contributed by atoms with Crippen LogP contribution >= 0.6 is 24.0 Å². The van der Waals surface area contributed by atoms with Gasteiger partial charge in [-0.15, -0.1) is 12.4 Å². The fraction of sp³-hybridized carbons (Fsp3) is 0.412. The van der Waals surface area contributed by atoms with Gasteiger partial charge in [-0.25, -0.2) is 0 Å². The number of nitrogens with two attached hydrogens (primary N) is 1. The summed E-state index contributed by atoms with van der Waals surface area (Å²) in [5, 5.41) is 7.93. The molecule has 3 N–H and O–H groups in total. The van der Waals surface area contributed by atoms with Crippen LogP contribution in [0.5, 0.6) is 0 Å². The van der Waals surface area contributed by atoms with E-state index in [-0.39, 0.29) is 24.2 Å². The topological polar surface area (TPSA) is 72.9 Å². The third kappa shape index (κ3) is 4.72. The first-order chi connectivity index (χ1) is 10.9. The molecule has 0 aliphatic rings. The molecule has 0 bridgehead atoms. The predicted octanol–water partition coefficient (Wildman–Crippen LogP) is 3.11. The van der Waals surface area contributed by atoms with Crippen LogP contribution in [0.2, 0.25) is 5.02 Å². The zero-order valence-corrected chi connectivity index (χ0v) is 15.7. The molecule has 5 nitrogen and oxygen atoms in total. The Morgan fingerprint density at radius 1 is 1.42 bits per heavy atom. The number of carbonyl (C=O) groups is 1. The summed E-state index contributed by atoms with van der Waals surface area (Å²) in [6.07, 6.45) is 3.28. The molecule has 1 unspecified atom stereocenters. The predicted molar refractivity (Wildman–Crippen MR) is 99.8 cm³/mol. The lowest BCUT2D eigenvalue weighted by Gasteiger charge is -2.33. The van der Waals surface area contributed by atoms with E-state index < -0.39 is 5.54 Å². The SMILES string of the molecule is CC(C)C(C)(CN)NC(=O)c1cnn(Cc2ccccc2Cl)c1.Cl. The highest BCUT2D eigenvalue weighted by atomic mass is 35.5. The van der Waals surface area contributed by atoms with Gasteiger partial charge in [-0.1, -0.05) is 43.6 Å². The number of halogens is 2. The van der Waals surface area contributed by atoms with E-state index in [4.69, 9.17) is 17.3 Å². The van der Waals surface area contributed by atoms with Gasteiger partial charge < -0.3 is 11.1 Å². The van der Waals surface area contributed by atoms with Gasteiger partial charge in [-0.05, 0) is 24.5 Å². The zero-order valence-electron chi connectivity index (χ0n) is 14.1. The summed E-state index contributed by atoms with van der Waals surface area (Å²) in [6.45, 7) is 6.92. The van der Waals surface area contributed by atoms with Crippen LogP contribution in [-0.2, 0) is 6.54 Å². The van der Waals surface area contributed by atoms with Gasteiger partial charge in [0.1, 0.15) is 0 Å². The average molecular weight is 371 g/mol. The minimum atomic E-state index is -0.443. The van der Waals surface area contributed by atoms with Crippen molar-refractivity contribution >= 4 is 29.9 Å². The smallest absolute Gasteiger partial charge is 0.254 e. The summed E-state index contributed by atoms with van der Waals surface area (Å²) >= 11 is 6.15. The van der Waals surface area contributed by atoms with Gasteiger partial charge in [-0.3, -0.25) is 9.48 Å². The van der Waals surface area contributed by atoms with Crippen molar-refractivity contribution in [3.8, 4) is 0 Å². The van der Waals surface area contributed by atoms with Crippen molar-refractivity contribution in [2.24, 2.45) is 11.7 Å². The third-order valence-corrected chi connectivity index (χ3v) is 4.65. The van der Waals surface area contributed by atoms with Crippen LogP contribution in [0.4, 0.5) is 0 Å². The third-order valence-electron chi connectivity index (χ3n) is 4.28. The molecular weight excluding hydrogens is 347 g/mol. The lowest BCUT2D eigenvalue weighted by molar-refractivity contribution is 0.0883. The second kappa shape index (κ2) is 8.51. The lowest BCUT2D eigenvalue weighted by Crippen LogP contribution is -2.54. The van der Waals surface area contributed by atoms with Crippen molar-refractivity contribution in [1.82, 2.24) is 15.1 Å². The van der Waals surface area contributed by atoms with Gasteiger partial charge in [-0.2, -0.15) is 5.10 Å². The fourth-order valence-corrected chi connectivity index (χ4v) is 2.33. The summed E-state index contributed by atoms with van der Waals surface area (Å²) in [6, 6.07) is 7.58. The molecule has 2 rings (SSSR count). The Hall–Kier alpha value is -1.56. The van der Waals surface area contributed by atoms with E-state index in [1.165, 1.54) is 0 Å². The Morgan fingerprint density at radius 2 is 2.08 bits per heavy atom. The second-order valence-corrected chi connectivity index (χ2v) is 6.66. The summed E-state index contributed by atoms with van der Waals surface area (Å²) in [7, 11) is 0. The molecule has 0 radical (unpaired) electrons. The molecule has 0 spiro atoms. The maximum atomic E-state index is 12.4. The van der Waals surface area contributed by atoms with Crippen LogP contribution in [0.15, 0.2) is 36.7 Å². The number of hydrogen-bond donors (Lipinski definition) is 2. The quantitative estimate of drug-likeness (QED) is 0.820.